The van der Waals surface area contributed by atoms with Crippen molar-refractivity contribution in [2.24, 2.45) is 5.92 Å². The predicted octanol–water partition coefficient (Wildman–Crippen LogP) is 2.79. The highest BCUT2D eigenvalue weighted by Crippen LogP contribution is 2.28. The fourth-order valence-corrected chi connectivity index (χ4v) is 3.66. The Morgan fingerprint density at radius 1 is 1.19 bits per heavy atom. The maximum atomic E-state index is 12.2. The Hall–Kier alpha value is -1.35. The van der Waals surface area contributed by atoms with E-state index in [-0.39, 0.29) is 11.9 Å². The van der Waals surface area contributed by atoms with Gasteiger partial charge in [0, 0.05) is 13.1 Å². The molecule has 1 atom stereocenters. The number of rotatable bonds is 5. The number of benzene rings is 1. The van der Waals surface area contributed by atoms with Crippen LogP contribution in [0.5, 0.6) is 0 Å². The minimum atomic E-state index is -0.0635. The summed E-state index contributed by atoms with van der Waals surface area (Å²) in [6.07, 6.45) is 8.82. The van der Waals surface area contributed by atoms with E-state index in [4.69, 9.17) is 0 Å². The third kappa shape index (κ3) is 3.85. The van der Waals surface area contributed by atoms with Gasteiger partial charge in [0.05, 0.1) is 6.04 Å². The van der Waals surface area contributed by atoms with Gasteiger partial charge in [0.25, 0.3) is 0 Å². The van der Waals surface area contributed by atoms with Gasteiger partial charge in [-0.15, -0.1) is 0 Å². The third-order valence-corrected chi connectivity index (χ3v) is 4.96. The molecule has 1 heterocycles. The van der Waals surface area contributed by atoms with E-state index < -0.39 is 0 Å². The molecule has 1 aliphatic heterocycles. The number of nitrogens with one attached hydrogen (secondary N) is 2. The first kappa shape index (κ1) is 14.6. The maximum Gasteiger partial charge on any atom is 0.237 e. The van der Waals surface area contributed by atoms with Gasteiger partial charge in [-0.25, -0.2) is 0 Å². The molecule has 2 aliphatic rings. The quantitative estimate of drug-likeness (QED) is 0.817. The van der Waals surface area contributed by atoms with Gasteiger partial charge in [-0.1, -0.05) is 49.9 Å². The van der Waals surface area contributed by atoms with Crippen LogP contribution >= 0.6 is 0 Å². The third-order valence-electron chi connectivity index (χ3n) is 4.96. The molecule has 3 nitrogen and oxygen atoms in total. The van der Waals surface area contributed by atoms with Crippen molar-refractivity contribution in [1.29, 1.82) is 0 Å². The summed E-state index contributed by atoms with van der Waals surface area (Å²) < 4.78 is 0. The minimum absolute atomic E-state index is 0.0635. The predicted molar refractivity (Wildman–Crippen MR) is 85.0 cm³/mol. The monoisotopic (exact) mass is 286 g/mol. The number of carbonyl (C=O) groups is 1. The first-order chi connectivity index (χ1) is 10.3. The van der Waals surface area contributed by atoms with Gasteiger partial charge in [-0.05, 0) is 36.3 Å². The molecule has 1 aliphatic carbocycles. The van der Waals surface area contributed by atoms with Gasteiger partial charge in [-0.3, -0.25) is 4.79 Å². The molecular formula is C18H26N2O. The summed E-state index contributed by atoms with van der Waals surface area (Å²) in [7, 11) is 0. The van der Waals surface area contributed by atoms with Crippen LogP contribution < -0.4 is 10.6 Å². The first-order valence-electron chi connectivity index (χ1n) is 8.41. The number of fused-ring (bicyclic) bond motifs is 1. The molecule has 1 saturated carbocycles. The number of hydrogen-bond acceptors (Lipinski definition) is 2. The molecule has 114 valence electrons. The van der Waals surface area contributed by atoms with Crippen LogP contribution in [-0.4, -0.2) is 18.5 Å². The molecule has 3 rings (SSSR count). The summed E-state index contributed by atoms with van der Waals surface area (Å²) in [4.78, 5) is 12.2. The van der Waals surface area contributed by atoms with Crippen LogP contribution in [0.4, 0.5) is 0 Å². The Balaban J connectivity index is 1.40. The Morgan fingerprint density at radius 2 is 1.95 bits per heavy atom. The summed E-state index contributed by atoms with van der Waals surface area (Å²) >= 11 is 0. The Kier molecular flexibility index (Phi) is 4.91. The summed E-state index contributed by atoms with van der Waals surface area (Å²) in [5, 5.41) is 6.45. The molecule has 0 radical (unpaired) electrons. The molecule has 1 aromatic rings. The minimum Gasteiger partial charge on any atom is -0.355 e. The van der Waals surface area contributed by atoms with Crippen molar-refractivity contribution in [2.45, 2.75) is 57.5 Å². The van der Waals surface area contributed by atoms with Crippen LogP contribution in [0, 0.1) is 5.92 Å². The Bertz CT molecular complexity index is 480. The molecule has 2 N–H and O–H groups in total. The van der Waals surface area contributed by atoms with Crippen LogP contribution in [-0.2, 0) is 17.8 Å². The second kappa shape index (κ2) is 7.08. The zero-order valence-corrected chi connectivity index (χ0v) is 12.7. The summed E-state index contributed by atoms with van der Waals surface area (Å²) in [5.41, 5.74) is 2.63. The standard InChI is InChI=1S/C18H26N2O/c21-18(19-11-5-8-14-6-1-2-7-14)17-12-15-9-3-4-10-16(15)13-20-17/h3-4,9-10,14,17,20H,1-2,5-8,11-13H2,(H,19,21). The fraction of sp³-hybridized carbons (Fsp3) is 0.611. The lowest BCUT2D eigenvalue weighted by Crippen LogP contribution is -2.47. The van der Waals surface area contributed by atoms with Gasteiger partial charge >= 0.3 is 0 Å². The van der Waals surface area contributed by atoms with Crippen molar-refractivity contribution in [3.63, 3.8) is 0 Å². The summed E-state index contributed by atoms with van der Waals surface area (Å²) in [6, 6.07) is 8.32. The molecule has 0 aromatic heterocycles. The normalized spacial score (nSPS) is 22.0. The molecule has 0 bridgehead atoms. The largest absolute Gasteiger partial charge is 0.355 e. The van der Waals surface area contributed by atoms with Crippen molar-refractivity contribution < 1.29 is 4.79 Å². The van der Waals surface area contributed by atoms with E-state index in [0.717, 1.165) is 31.8 Å². The van der Waals surface area contributed by atoms with Crippen LogP contribution in [0.15, 0.2) is 24.3 Å². The lowest BCUT2D eigenvalue weighted by atomic mass is 9.95. The summed E-state index contributed by atoms with van der Waals surface area (Å²) in [6.45, 7) is 1.63. The van der Waals surface area contributed by atoms with Crippen LogP contribution in [0.25, 0.3) is 0 Å². The smallest absolute Gasteiger partial charge is 0.237 e. The average molecular weight is 286 g/mol. The van der Waals surface area contributed by atoms with Crippen LogP contribution in [0.3, 0.4) is 0 Å². The lowest BCUT2D eigenvalue weighted by molar-refractivity contribution is -0.123. The highest BCUT2D eigenvalue weighted by Gasteiger charge is 2.23. The fourth-order valence-electron chi connectivity index (χ4n) is 3.66. The van der Waals surface area contributed by atoms with Gasteiger partial charge in [0.2, 0.25) is 5.91 Å². The van der Waals surface area contributed by atoms with E-state index in [1.165, 1.54) is 43.2 Å². The van der Waals surface area contributed by atoms with E-state index >= 15 is 0 Å². The molecule has 0 saturated heterocycles. The molecule has 21 heavy (non-hydrogen) atoms. The van der Waals surface area contributed by atoms with E-state index in [0.29, 0.717) is 0 Å². The number of hydrogen-bond donors (Lipinski definition) is 2. The number of amides is 1. The average Bonchev–Trinajstić information content (AvgIpc) is 3.04. The van der Waals surface area contributed by atoms with Gasteiger partial charge in [0.1, 0.15) is 0 Å². The zero-order valence-electron chi connectivity index (χ0n) is 12.7. The van der Waals surface area contributed by atoms with Gasteiger partial charge in [-0.2, -0.15) is 0 Å². The van der Waals surface area contributed by atoms with E-state index in [9.17, 15) is 4.79 Å². The van der Waals surface area contributed by atoms with Crippen LogP contribution in [0.2, 0.25) is 0 Å². The SMILES string of the molecule is O=C(NCCCC1CCCC1)C1Cc2ccccc2CN1. The van der Waals surface area contributed by atoms with E-state index in [2.05, 4.69) is 34.9 Å². The molecule has 3 heteroatoms. The van der Waals surface area contributed by atoms with Crippen molar-refractivity contribution in [3.8, 4) is 0 Å². The second-order valence-corrected chi connectivity index (χ2v) is 6.49. The van der Waals surface area contributed by atoms with Crippen molar-refractivity contribution in [2.75, 3.05) is 6.54 Å². The lowest BCUT2D eigenvalue weighted by Gasteiger charge is -2.25. The first-order valence-corrected chi connectivity index (χ1v) is 8.41. The molecule has 1 amide bonds. The van der Waals surface area contributed by atoms with Gasteiger partial charge < -0.3 is 10.6 Å². The maximum absolute atomic E-state index is 12.2. The Labute approximate surface area is 127 Å². The number of carbonyl (C=O) groups excluding carboxylic acids is 1. The zero-order chi connectivity index (χ0) is 14.5. The second-order valence-electron chi connectivity index (χ2n) is 6.49. The van der Waals surface area contributed by atoms with E-state index in [1.54, 1.807) is 0 Å². The van der Waals surface area contributed by atoms with Crippen molar-refractivity contribution in [1.82, 2.24) is 10.6 Å². The molecule has 0 spiro atoms. The van der Waals surface area contributed by atoms with Crippen LogP contribution in [0.1, 0.15) is 49.7 Å². The van der Waals surface area contributed by atoms with Crippen molar-refractivity contribution in [3.05, 3.63) is 35.4 Å². The molecule has 1 fully saturated rings. The Morgan fingerprint density at radius 3 is 2.76 bits per heavy atom. The van der Waals surface area contributed by atoms with E-state index in [1.807, 2.05) is 0 Å². The highest BCUT2D eigenvalue weighted by atomic mass is 16.2. The van der Waals surface area contributed by atoms with Gasteiger partial charge in [0.15, 0.2) is 0 Å². The molecule has 1 unspecified atom stereocenters. The summed E-state index contributed by atoms with van der Waals surface area (Å²) in [5.74, 6) is 1.08. The topological polar surface area (TPSA) is 41.1 Å². The van der Waals surface area contributed by atoms with Crippen molar-refractivity contribution >= 4 is 5.91 Å². The highest BCUT2D eigenvalue weighted by molar-refractivity contribution is 5.82. The molecule has 1 aromatic carbocycles. The molecular weight excluding hydrogens is 260 g/mol.